The summed E-state index contributed by atoms with van der Waals surface area (Å²) in [6.45, 7) is -0.0729. The molecule has 0 radical (unpaired) electrons. The van der Waals surface area contributed by atoms with Gasteiger partial charge >= 0.3 is 0 Å². The van der Waals surface area contributed by atoms with Gasteiger partial charge in [0.2, 0.25) is 5.91 Å². The Balaban J connectivity index is 1.69. The van der Waals surface area contributed by atoms with E-state index in [0.29, 0.717) is 28.4 Å². The summed E-state index contributed by atoms with van der Waals surface area (Å²) in [7, 11) is 0. The van der Waals surface area contributed by atoms with Crippen molar-refractivity contribution in [3.8, 4) is 11.4 Å². The fourth-order valence-corrected chi connectivity index (χ4v) is 3.74. The van der Waals surface area contributed by atoms with E-state index in [4.69, 9.17) is 4.74 Å². The van der Waals surface area contributed by atoms with Crippen molar-refractivity contribution in [2.24, 2.45) is 0 Å². The van der Waals surface area contributed by atoms with E-state index in [-0.39, 0.29) is 24.8 Å². The summed E-state index contributed by atoms with van der Waals surface area (Å²) >= 11 is 0. The van der Waals surface area contributed by atoms with Crippen molar-refractivity contribution in [2.75, 3.05) is 17.2 Å². The number of aromatic nitrogens is 2. The van der Waals surface area contributed by atoms with Crippen LogP contribution < -0.4 is 15.4 Å². The number of hydrogen-bond acceptors (Lipinski definition) is 4. The smallest absolute Gasteiger partial charge is 0.262 e. The number of carbonyl (C=O) groups is 2. The first-order valence-corrected chi connectivity index (χ1v) is 8.78. The van der Waals surface area contributed by atoms with Crippen molar-refractivity contribution in [1.29, 1.82) is 0 Å². The van der Waals surface area contributed by atoms with Crippen LogP contribution in [0.2, 0.25) is 0 Å². The topological polar surface area (TPSA) is 85.2 Å². The molecule has 0 unspecified atom stereocenters. The van der Waals surface area contributed by atoms with Gasteiger partial charge in [-0.2, -0.15) is 5.10 Å². The minimum atomic E-state index is -0.400. The molecule has 2 amide bonds. The minimum Gasteiger partial charge on any atom is -0.482 e. The lowest BCUT2D eigenvalue weighted by Gasteiger charge is -2.30. The van der Waals surface area contributed by atoms with Gasteiger partial charge in [-0.05, 0) is 41.5 Å². The molecule has 2 aliphatic rings. The van der Waals surface area contributed by atoms with Crippen molar-refractivity contribution in [1.82, 2.24) is 9.78 Å². The second kappa shape index (κ2) is 6.19. The number of fused-ring (bicyclic) bond motifs is 2. The van der Waals surface area contributed by atoms with Gasteiger partial charge in [0, 0.05) is 36.5 Å². The number of rotatable bonds is 2. The first kappa shape index (κ1) is 16.5. The van der Waals surface area contributed by atoms with E-state index in [1.807, 2.05) is 0 Å². The molecule has 0 saturated carbocycles. The lowest BCUT2D eigenvalue weighted by Crippen LogP contribution is -2.28. The zero-order valence-corrected chi connectivity index (χ0v) is 14.6. The van der Waals surface area contributed by atoms with E-state index < -0.39 is 11.7 Å². The Morgan fingerprint density at radius 1 is 1.07 bits per heavy atom. The maximum Gasteiger partial charge on any atom is 0.262 e. The molecular weight excluding hydrogens is 363 g/mol. The quantitative estimate of drug-likeness (QED) is 0.718. The maximum absolute atomic E-state index is 14.1. The Bertz CT molecular complexity index is 1110. The van der Waals surface area contributed by atoms with Crippen molar-refractivity contribution in [2.45, 2.75) is 12.3 Å². The van der Waals surface area contributed by atoms with E-state index in [0.717, 1.165) is 5.56 Å². The number of amides is 2. The third-order valence-electron chi connectivity index (χ3n) is 4.94. The van der Waals surface area contributed by atoms with E-state index >= 15 is 0 Å². The Morgan fingerprint density at radius 2 is 1.93 bits per heavy atom. The molecule has 2 N–H and O–H groups in total. The summed E-state index contributed by atoms with van der Waals surface area (Å²) in [6.07, 6.45) is 3.55. The standard InChI is InChI=1S/C20H15FN4O3/c21-11-2-3-17(25-5-1-4-22-25)14(6-11)12-8-19(26)23-15-9-18-16(7-13(12)15)24-20(27)10-28-18/h1-7,9,12H,8,10H2,(H,23,26)(H,24,27)/t12-/m0/s1. The number of nitrogens with zero attached hydrogens (tertiary/aromatic N) is 2. The molecule has 3 aromatic rings. The van der Waals surface area contributed by atoms with Crippen molar-refractivity contribution in [3.63, 3.8) is 0 Å². The predicted molar refractivity (Wildman–Crippen MR) is 99.2 cm³/mol. The van der Waals surface area contributed by atoms with Gasteiger partial charge in [0.05, 0.1) is 11.4 Å². The molecule has 1 aromatic heterocycles. The Labute approximate surface area is 159 Å². The third-order valence-corrected chi connectivity index (χ3v) is 4.94. The highest BCUT2D eigenvalue weighted by molar-refractivity contribution is 5.99. The molecule has 28 heavy (non-hydrogen) atoms. The maximum atomic E-state index is 14.1. The van der Waals surface area contributed by atoms with E-state index in [1.54, 1.807) is 41.3 Å². The lowest BCUT2D eigenvalue weighted by molar-refractivity contribution is -0.119. The highest BCUT2D eigenvalue weighted by atomic mass is 19.1. The minimum absolute atomic E-state index is 0.0729. The van der Waals surface area contributed by atoms with Crippen LogP contribution in [0.4, 0.5) is 15.8 Å². The van der Waals surface area contributed by atoms with Crippen LogP contribution >= 0.6 is 0 Å². The van der Waals surface area contributed by atoms with Crippen LogP contribution in [0, 0.1) is 5.82 Å². The van der Waals surface area contributed by atoms with Gasteiger partial charge in [-0.25, -0.2) is 9.07 Å². The summed E-state index contributed by atoms with van der Waals surface area (Å²) in [6, 6.07) is 9.69. The summed E-state index contributed by atoms with van der Waals surface area (Å²) in [5.41, 5.74) is 3.24. The van der Waals surface area contributed by atoms with Crippen LogP contribution in [-0.4, -0.2) is 28.2 Å². The van der Waals surface area contributed by atoms with Gasteiger partial charge in [-0.15, -0.1) is 0 Å². The van der Waals surface area contributed by atoms with E-state index in [1.165, 1.54) is 12.1 Å². The molecule has 0 fully saturated rings. The van der Waals surface area contributed by atoms with Crippen LogP contribution in [0.1, 0.15) is 23.5 Å². The van der Waals surface area contributed by atoms with Crippen LogP contribution in [-0.2, 0) is 9.59 Å². The van der Waals surface area contributed by atoms with E-state index in [9.17, 15) is 14.0 Å². The highest BCUT2D eigenvalue weighted by Gasteiger charge is 2.31. The largest absolute Gasteiger partial charge is 0.482 e. The summed E-state index contributed by atoms with van der Waals surface area (Å²) < 4.78 is 21.2. The molecule has 7 nitrogen and oxygen atoms in total. The van der Waals surface area contributed by atoms with Crippen LogP contribution in [0.15, 0.2) is 48.8 Å². The number of anilines is 2. The molecule has 2 aliphatic heterocycles. The monoisotopic (exact) mass is 378 g/mol. The molecule has 0 aliphatic carbocycles. The second-order valence-corrected chi connectivity index (χ2v) is 6.73. The molecule has 140 valence electrons. The Hall–Kier alpha value is -3.68. The Morgan fingerprint density at radius 3 is 2.75 bits per heavy atom. The van der Waals surface area contributed by atoms with Gasteiger partial charge in [0.25, 0.3) is 5.91 Å². The fourth-order valence-electron chi connectivity index (χ4n) is 3.74. The number of halogens is 1. The van der Waals surface area contributed by atoms with Gasteiger partial charge in [0.15, 0.2) is 6.61 Å². The SMILES string of the molecule is O=C1COc2cc3c(cc2N1)[C@@H](c1cc(F)ccc1-n1cccn1)CC(=O)N3. The van der Waals surface area contributed by atoms with Crippen LogP contribution in [0.3, 0.4) is 0 Å². The molecule has 2 aromatic carbocycles. The first-order valence-electron chi connectivity index (χ1n) is 8.78. The number of hydrogen-bond donors (Lipinski definition) is 2. The molecule has 0 spiro atoms. The molecule has 0 bridgehead atoms. The zero-order valence-electron chi connectivity index (χ0n) is 14.6. The predicted octanol–water partition coefficient (Wildman–Crippen LogP) is 2.82. The molecule has 5 rings (SSSR count). The van der Waals surface area contributed by atoms with Crippen molar-refractivity contribution >= 4 is 23.2 Å². The number of carbonyl (C=O) groups excluding carboxylic acids is 2. The van der Waals surface area contributed by atoms with Gasteiger partial charge < -0.3 is 15.4 Å². The zero-order chi connectivity index (χ0) is 19.3. The van der Waals surface area contributed by atoms with E-state index in [2.05, 4.69) is 15.7 Å². The number of benzene rings is 2. The van der Waals surface area contributed by atoms with Gasteiger partial charge in [-0.3, -0.25) is 9.59 Å². The molecular formula is C20H15FN4O3. The first-order chi connectivity index (χ1) is 13.6. The van der Waals surface area contributed by atoms with Crippen molar-refractivity contribution in [3.05, 3.63) is 65.7 Å². The van der Waals surface area contributed by atoms with Crippen LogP contribution in [0.5, 0.6) is 5.75 Å². The summed E-state index contributed by atoms with van der Waals surface area (Å²) in [5, 5.41) is 9.86. The number of ether oxygens (including phenoxy) is 1. The average Bonchev–Trinajstić information content (AvgIpc) is 3.20. The Kier molecular flexibility index (Phi) is 3.65. The van der Waals surface area contributed by atoms with Crippen LogP contribution in [0.25, 0.3) is 5.69 Å². The second-order valence-electron chi connectivity index (χ2n) is 6.73. The molecule has 8 heteroatoms. The van der Waals surface area contributed by atoms with Crippen molar-refractivity contribution < 1.29 is 18.7 Å². The number of nitrogens with one attached hydrogen (secondary N) is 2. The summed E-state index contributed by atoms with van der Waals surface area (Å²) in [4.78, 5) is 24.1. The fraction of sp³-hybridized carbons (Fsp3) is 0.150. The molecule has 3 heterocycles. The highest BCUT2D eigenvalue weighted by Crippen LogP contribution is 2.44. The lowest BCUT2D eigenvalue weighted by atomic mass is 9.83. The normalized spacial score (nSPS) is 17.8. The van der Waals surface area contributed by atoms with Gasteiger partial charge in [0.1, 0.15) is 11.6 Å². The third kappa shape index (κ3) is 2.70. The average molecular weight is 378 g/mol. The summed E-state index contributed by atoms with van der Waals surface area (Å²) in [5.74, 6) is -0.721. The molecule has 0 saturated heterocycles. The van der Waals surface area contributed by atoms with Gasteiger partial charge in [-0.1, -0.05) is 0 Å². The molecule has 1 atom stereocenters.